The smallest absolute Gasteiger partial charge is 0.363 e. The molecule has 0 aliphatic rings. The third-order valence-corrected chi connectivity index (χ3v) is 9.26. The number of aromatic nitrogens is 1. The van der Waals surface area contributed by atoms with Crippen molar-refractivity contribution in [2.24, 2.45) is 0 Å². The zero-order chi connectivity index (χ0) is 47.5. The Hall–Kier alpha value is -7.98. The molecule has 0 saturated carbocycles. The van der Waals surface area contributed by atoms with E-state index in [9.17, 15) is 78.6 Å². The van der Waals surface area contributed by atoms with Crippen LogP contribution in [0, 0.1) is 6.92 Å². The van der Waals surface area contributed by atoms with E-state index in [1.807, 2.05) is 13.0 Å². The maximum Gasteiger partial charge on any atom is 0.363 e. The summed E-state index contributed by atoms with van der Waals surface area (Å²) in [5, 5.41) is 69.1. The van der Waals surface area contributed by atoms with Crippen LogP contribution in [0.1, 0.15) is 94.4 Å². The molecule has 1 heterocycles. The first kappa shape index (κ1) is 50.4. The van der Waals surface area contributed by atoms with Gasteiger partial charge in [0.05, 0.1) is 5.56 Å². The molecule has 0 spiro atoms. The van der Waals surface area contributed by atoms with Crippen LogP contribution in [-0.2, 0) is 33.6 Å². The summed E-state index contributed by atoms with van der Waals surface area (Å²) in [4.78, 5) is 131. The molecule has 0 aliphatic carbocycles. The molecular formula is C41H48N6O17. The average molecular weight is 897 g/mol. The van der Waals surface area contributed by atoms with E-state index in [1.54, 1.807) is 18.2 Å². The number of carbonyl (C=O) groups is 10. The van der Waals surface area contributed by atoms with Gasteiger partial charge in [-0.1, -0.05) is 23.8 Å². The van der Waals surface area contributed by atoms with Crippen molar-refractivity contribution in [1.29, 1.82) is 0 Å². The SMILES string of the molecule is Cc1cccc(C(=O)NCCCCC(NC(=O)C(CCC(=O)O)NC(=O)C(CCC(=O)O)NC(=O)C(CCC(=O)O)NC(=O)c2cccc(C(=O)On3c(O)ccc3O)c2)C(=O)O)c1. The average Bonchev–Trinajstić information content (AvgIpc) is 3.56. The quantitative estimate of drug-likeness (QED) is 0.0483. The number of benzene rings is 2. The Bertz CT molecular complexity index is 2200. The number of nitrogens with zero attached hydrogens (tertiary/aromatic N) is 1. The maximum absolute atomic E-state index is 13.6. The molecule has 23 nitrogen and oxygen atoms in total. The molecule has 2 aromatic carbocycles. The number of carboxylic acid groups (broad SMARTS) is 4. The zero-order valence-electron chi connectivity index (χ0n) is 34.3. The fourth-order valence-corrected chi connectivity index (χ4v) is 5.91. The lowest BCUT2D eigenvalue weighted by molar-refractivity contribution is -0.143. The molecule has 3 rings (SSSR count). The van der Waals surface area contributed by atoms with Crippen LogP contribution >= 0.6 is 0 Å². The summed E-state index contributed by atoms with van der Waals surface area (Å²) < 4.78 is 0.396. The van der Waals surface area contributed by atoms with Gasteiger partial charge < -0.3 is 62.1 Å². The highest BCUT2D eigenvalue weighted by molar-refractivity contribution is 6.01. The normalized spacial score (nSPS) is 12.6. The molecule has 4 unspecified atom stereocenters. The second kappa shape index (κ2) is 24.5. The van der Waals surface area contributed by atoms with Gasteiger partial charge >= 0.3 is 29.8 Å². The number of rotatable bonds is 26. The molecule has 0 saturated heterocycles. The number of unbranched alkanes of at least 4 members (excludes halogenated alkanes) is 1. The lowest BCUT2D eigenvalue weighted by Gasteiger charge is -2.26. The van der Waals surface area contributed by atoms with E-state index >= 15 is 0 Å². The second-order valence-electron chi connectivity index (χ2n) is 14.3. The van der Waals surface area contributed by atoms with Crippen LogP contribution in [0.3, 0.4) is 0 Å². The highest BCUT2D eigenvalue weighted by atomic mass is 16.7. The van der Waals surface area contributed by atoms with Crippen molar-refractivity contribution in [2.75, 3.05) is 6.54 Å². The van der Waals surface area contributed by atoms with Gasteiger partial charge in [-0.05, 0) is 75.8 Å². The fourth-order valence-electron chi connectivity index (χ4n) is 5.91. The number of nitrogens with one attached hydrogen (secondary N) is 5. The largest absolute Gasteiger partial charge is 0.492 e. The third kappa shape index (κ3) is 16.5. The van der Waals surface area contributed by atoms with Gasteiger partial charge in [-0.15, -0.1) is 4.73 Å². The van der Waals surface area contributed by atoms with E-state index in [-0.39, 0.29) is 36.4 Å². The first-order chi connectivity index (χ1) is 30.2. The molecule has 5 amide bonds. The van der Waals surface area contributed by atoms with Crippen LogP contribution in [0.5, 0.6) is 11.8 Å². The first-order valence-electron chi connectivity index (χ1n) is 19.6. The number of aryl methyl sites for hydroxylation is 1. The number of amides is 5. The number of carbonyl (C=O) groups excluding carboxylic acids is 6. The Morgan fingerprint density at radius 1 is 0.547 bits per heavy atom. The summed E-state index contributed by atoms with van der Waals surface area (Å²) in [7, 11) is 0. The van der Waals surface area contributed by atoms with Gasteiger partial charge in [-0.2, -0.15) is 0 Å². The summed E-state index contributed by atoms with van der Waals surface area (Å²) in [5.41, 5.74) is 0.771. The minimum atomic E-state index is -1.79. The highest BCUT2D eigenvalue weighted by Crippen LogP contribution is 2.20. The summed E-state index contributed by atoms with van der Waals surface area (Å²) in [6.07, 6.45) is -3.58. The summed E-state index contributed by atoms with van der Waals surface area (Å²) in [6, 6.07) is 6.80. The van der Waals surface area contributed by atoms with Crippen molar-refractivity contribution in [2.45, 2.75) is 88.9 Å². The predicted octanol–water partition coefficient (Wildman–Crippen LogP) is 0.309. The van der Waals surface area contributed by atoms with Crippen molar-refractivity contribution in [3.63, 3.8) is 0 Å². The molecule has 23 heteroatoms. The molecule has 0 radical (unpaired) electrons. The fraction of sp³-hybridized carbons (Fsp3) is 0.366. The topological polar surface area (TPSA) is 366 Å². The van der Waals surface area contributed by atoms with Gasteiger partial charge in [0.1, 0.15) is 24.2 Å². The maximum atomic E-state index is 13.6. The van der Waals surface area contributed by atoms with E-state index in [4.69, 9.17) is 4.84 Å². The lowest BCUT2D eigenvalue weighted by Crippen LogP contribution is -2.58. The van der Waals surface area contributed by atoms with Gasteiger partial charge in [0.2, 0.25) is 29.5 Å². The first-order valence-corrected chi connectivity index (χ1v) is 19.6. The molecule has 0 aliphatic heterocycles. The van der Waals surface area contributed by atoms with Crippen LogP contribution in [-0.4, -0.2) is 125 Å². The van der Waals surface area contributed by atoms with Gasteiger partial charge in [0, 0.05) is 49.1 Å². The third-order valence-electron chi connectivity index (χ3n) is 9.26. The molecule has 11 N–H and O–H groups in total. The minimum absolute atomic E-state index is 0.140. The molecule has 64 heavy (non-hydrogen) atoms. The van der Waals surface area contributed by atoms with Crippen molar-refractivity contribution in [3.8, 4) is 11.8 Å². The van der Waals surface area contributed by atoms with Crippen LogP contribution in [0.4, 0.5) is 0 Å². The van der Waals surface area contributed by atoms with Gasteiger partial charge in [-0.3, -0.25) is 38.4 Å². The molecule has 4 atom stereocenters. The molecular weight excluding hydrogens is 848 g/mol. The van der Waals surface area contributed by atoms with Crippen molar-refractivity contribution >= 4 is 59.4 Å². The van der Waals surface area contributed by atoms with E-state index < -0.39 is 128 Å². The Morgan fingerprint density at radius 2 is 1.00 bits per heavy atom. The van der Waals surface area contributed by atoms with Gasteiger partial charge in [0.15, 0.2) is 0 Å². The van der Waals surface area contributed by atoms with Crippen LogP contribution in [0.25, 0.3) is 0 Å². The number of hydrogen-bond acceptors (Lipinski definition) is 13. The Labute approximate surface area is 363 Å². The minimum Gasteiger partial charge on any atom is -0.492 e. The van der Waals surface area contributed by atoms with E-state index in [0.717, 1.165) is 23.8 Å². The Balaban J connectivity index is 1.73. The molecule has 1 aromatic heterocycles. The van der Waals surface area contributed by atoms with E-state index in [1.165, 1.54) is 18.2 Å². The van der Waals surface area contributed by atoms with Crippen molar-refractivity contribution in [1.82, 2.24) is 31.3 Å². The lowest BCUT2D eigenvalue weighted by atomic mass is 10.0. The zero-order valence-corrected chi connectivity index (χ0v) is 34.3. The molecule has 0 bridgehead atoms. The van der Waals surface area contributed by atoms with E-state index in [0.29, 0.717) is 16.7 Å². The second-order valence-corrected chi connectivity index (χ2v) is 14.3. The molecule has 344 valence electrons. The van der Waals surface area contributed by atoms with Crippen LogP contribution in [0.15, 0.2) is 60.7 Å². The molecule has 3 aromatic rings. The Morgan fingerprint density at radius 3 is 1.48 bits per heavy atom. The number of aromatic hydroxyl groups is 2. The van der Waals surface area contributed by atoms with Gasteiger partial charge in [0.25, 0.3) is 11.8 Å². The number of aliphatic carboxylic acids is 4. The standard InChI is InChI=1S/C41H48N6O17/c1-22-6-4-7-23(20-22)35(56)42-19-3-2-10-29(40(61)62)46-39(60)28(13-18-34(54)55)45-38(59)27(12-17-33(52)53)44-37(58)26(11-16-32(50)51)43-36(57)24-8-5-9-25(21-24)41(63)64-47-30(48)14-15-31(47)49/h4-9,14-15,20-21,26-29,48-49H,2-3,10-13,16-19H2,1H3,(H,42,56)(H,43,57)(H,44,58)(H,45,59)(H,46,60)(H,50,51)(H,52,53)(H,54,55)(H,61,62). The number of carboxylic acids is 4. The molecule has 0 fully saturated rings. The van der Waals surface area contributed by atoms with Crippen molar-refractivity contribution in [3.05, 3.63) is 82.9 Å². The van der Waals surface area contributed by atoms with Crippen LogP contribution in [0.2, 0.25) is 0 Å². The monoisotopic (exact) mass is 896 g/mol. The van der Waals surface area contributed by atoms with E-state index in [2.05, 4.69) is 26.6 Å². The Kier molecular flexibility index (Phi) is 19.3. The van der Waals surface area contributed by atoms with Crippen molar-refractivity contribution < 1.29 is 83.4 Å². The van der Waals surface area contributed by atoms with Crippen LogP contribution < -0.4 is 31.4 Å². The number of hydrogen-bond donors (Lipinski definition) is 11. The summed E-state index contributed by atoms with van der Waals surface area (Å²) in [5.74, 6) is -13.0. The summed E-state index contributed by atoms with van der Waals surface area (Å²) >= 11 is 0. The predicted molar refractivity (Wildman–Crippen MR) is 218 cm³/mol. The highest BCUT2D eigenvalue weighted by Gasteiger charge is 2.32. The summed E-state index contributed by atoms with van der Waals surface area (Å²) in [6.45, 7) is 1.99. The van der Waals surface area contributed by atoms with Gasteiger partial charge in [-0.25, -0.2) is 9.59 Å².